The molecule has 1 aliphatic rings. The lowest BCUT2D eigenvalue weighted by atomic mass is 9.94. The Bertz CT molecular complexity index is 1060. The predicted molar refractivity (Wildman–Crippen MR) is 101 cm³/mol. The third-order valence-electron chi connectivity index (χ3n) is 5.06. The standard InChI is InChI=1S/C19H17ClF5NO4S/c1-18(31(27,28)13-4-2-3-11(7-13)19(23,24)25)5-6-29-15(9-18)16-14(20)8-12(10-26-16)30-17(21)22/h2-4,7-8,10,15,17H,5-6,9H2,1H3. The number of alkyl halides is 5. The first-order valence-corrected chi connectivity index (χ1v) is 10.8. The van der Waals surface area contributed by atoms with Gasteiger partial charge in [-0.3, -0.25) is 4.98 Å². The Morgan fingerprint density at radius 2 is 2.00 bits per heavy atom. The molecule has 0 aliphatic carbocycles. The van der Waals surface area contributed by atoms with Gasteiger partial charge < -0.3 is 9.47 Å². The number of benzene rings is 1. The zero-order valence-corrected chi connectivity index (χ0v) is 17.6. The molecule has 2 heterocycles. The van der Waals surface area contributed by atoms with Crippen LogP contribution in [0.1, 0.15) is 37.1 Å². The van der Waals surface area contributed by atoms with Gasteiger partial charge in [-0.2, -0.15) is 22.0 Å². The number of pyridine rings is 1. The van der Waals surface area contributed by atoms with Crippen molar-refractivity contribution < 1.29 is 39.8 Å². The third kappa shape index (κ3) is 4.93. The maximum atomic E-state index is 13.2. The van der Waals surface area contributed by atoms with Gasteiger partial charge in [0, 0.05) is 12.7 Å². The van der Waals surface area contributed by atoms with E-state index in [1.807, 2.05) is 0 Å². The van der Waals surface area contributed by atoms with Gasteiger partial charge in [0.1, 0.15) is 11.9 Å². The second-order valence-electron chi connectivity index (χ2n) is 7.21. The van der Waals surface area contributed by atoms with Crippen molar-refractivity contribution in [3.05, 3.63) is 52.8 Å². The van der Waals surface area contributed by atoms with Crippen LogP contribution in [-0.2, 0) is 20.8 Å². The summed E-state index contributed by atoms with van der Waals surface area (Å²) >= 11 is 6.10. The molecule has 0 amide bonds. The average Bonchev–Trinajstić information content (AvgIpc) is 2.67. The Balaban J connectivity index is 1.91. The molecule has 1 fully saturated rings. The van der Waals surface area contributed by atoms with E-state index in [4.69, 9.17) is 16.3 Å². The zero-order chi connectivity index (χ0) is 23.0. The second kappa shape index (κ2) is 8.51. The Labute approximate surface area is 180 Å². The van der Waals surface area contributed by atoms with Crippen LogP contribution in [0.2, 0.25) is 5.02 Å². The summed E-state index contributed by atoms with van der Waals surface area (Å²) in [6.07, 6.45) is -4.71. The van der Waals surface area contributed by atoms with Gasteiger partial charge >= 0.3 is 12.8 Å². The van der Waals surface area contributed by atoms with Crippen LogP contribution < -0.4 is 4.74 Å². The van der Waals surface area contributed by atoms with Crippen molar-refractivity contribution in [2.24, 2.45) is 0 Å². The first kappa shape index (κ1) is 23.7. The average molecular weight is 486 g/mol. The smallest absolute Gasteiger partial charge is 0.416 e. The van der Waals surface area contributed by atoms with E-state index in [0.717, 1.165) is 30.5 Å². The molecule has 1 aromatic heterocycles. The number of hydrogen-bond acceptors (Lipinski definition) is 5. The monoisotopic (exact) mass is 485 g/mol. The van der Waals surface area contributed by atoms with Crippen molar-refractivity contribution in [3.8, 4) is 5.75 Å². The highest BCUT2D eigenvalue weighted by Crippen LogP contribution is 2.44. The van der Waals surface area contributed by atoms with Crippen LogP contribution in [0.3, 0.4) is 0 Å². The van der Waals surface area contributed by atoms with Crippen molar-refractivity contribution in [2.45, 2.75) is 48.3 Å². The molecule has 12 heteroatoms. The molecular weight excluding hydrogens is 469 g/mol. The van der Waals surface area contributed by atoms with Crippen LogP contribution in [0.25, 0.3) is 0 Å². The summed E-state index contributed by atoms with van der Waals surface area (Å²) < 4.78 is 98.6. The number of sulfone groups is 1. The fourth-order valence-corrected chi connectivity index (χ4v) is 5.46. The fourth-order valence-electron chi connectivity index (χ4n) is 3.35. The third-order valence-corrected chi connectivity index (χ3v) is 7.91. The molecule has 0 spiro atoms. The van der Waals surface area contributed by atoms with Crippen molar-refractivity contribution >= 4 is 21.4 Å². The molecule has 1 saturated heterocycles. The molecule has 0 saturated carbocycles. The molecule has 0 bridgehead atoms. The van der Waals surface area contributed by atoms with Gasteiger partial charge in [-0.1, -0.05) is 17.7 Å². The van der Waals surface area contributed by atoms with Crippen LogP contribution in [0.15, 0.2) is 41.4 Å². The lowest BCUT2D eigenvalue weighted by molar-refractivity contribution is -0.137. The molecule has 170 valence electrons. The summed E-state index contributed by atoms with van der Waals surface area (Å²) in [7, 11) is -4.20. The summed E-state index contributed by atoms with van der Waals surface area (Å²) in [5.74, 6) is -0.279. The van der Waals surface area contributed by atoms with E-state index >= 15 is 0 Å². The molecule has 1 aliphatic heterocycles. The highest BCUT2D eigenvalue weighted by atomic mass is 35.5. The number of hydrogen-bond donors (Lipinski definition) is 0. The summed E-state index contributed by atoms with van der Waals surface area (Å²) in [6, 6.07) is 4.65. The lowest BCUT2D eigenvalue weighted by Crippen LogP contribution is -2.42. The topological polar surface area (TPSA) is 65.5 Å². The maximum Gasteiger partial charge on any atom is 0.416 e. The number of nitrogens with zero attached hydrogens (tertiary/aromatic N) is 1. The molecule has 2 aromatic rings. The van der Waals surface area contributed by atoms with E-state index in [0.29, 0.717) is 6.07 Å². The molecule has 1 aromatic carbocycles. The van der Waals surface area contributed by atoms with Gasteiger partial charge in [-0.05, 0) is 38.0 Å². The minimum Gasteiger partial charge on any atom is -0.433 e. The quantitative estimate of drug-likeness (QED) is 0.528. The van der Waals surface area contributed by atoms with E-state index in [1.165, 1.54) is 6.92 Å². The summed E-state index contributed by atoms with van der Waals surface area (Å²) in [4.78, 5) is 3.51. The second-order valence-corrected chi connectivity index (χ2v) is 10.1. The Hall–Kier alpha value is -1.98. The van der Waals surface area contributed by atoms with Gasteiger partial charge in [0.2, 0.25) is 0 Å². The van der Waals surface area contributed by atoms with Crippen molar-refractivity contribution in [2.75, 3.05) is 6.61 Å². The molecule has 2 atom stereocenters. The van der Waals surface area contributed by atoms with Crippen molar-refractivity contribution in [1.29, 1.82) is 0 Å². The first-order chi connectivity index (χ1) is 14.3. The molecule has 0 N–H and O–H groups in total. The molecule has 5 nitrogen and oxygen atoms in total. The van der Waals surface area contributed by atoms with Gasteiger partial charge in [-0.25, -0.2) is 8.42 Å². The molecular formula is C19H17ClF5NO4S. The normalized spacial score (nSPS) is 22.5. The van der Waals surface area contributed by atoms with E-state index in [2.05, 4.69) is 9.72 Å². The Morgan fingerprint density at radius 1 is 1.29 bits per heavy atom. The predicted octanol–water partition coefficient (Wildman–Crippen LogP) is 5.44. The van der Waals surface area contributed by atoms with Crippen molar-refractivity contribution in [1.82, 2.24) is 4.98 Å². The van der Waals surface area contributed by atoms with Crippen LogP contribution in [0, 0.1) is 0 Å². The van der Waals surface area contributed by atoms with E-state index < -0.39 is 43.9 Å². The summed E-state index contributed by atoms with van der Waals surface area (Å²) in [5.41, 5.74) is -0.950. The molecule has 0 radical (unpaired) electrons. The van der Waals surface area contributed by atoms with Crippen LogP contribution in [0.5, 0.6) is 5.75 Å². The number of aromatic nitrogens is 1. The fraction of sp³-hybridized carbons (Fsp3) is 0.421. The van der Waals surface area contributed by atoms with E-state index in [-0.39, 0.29) is 35.9 Å². The van der Waals surface area contributed by atoms with Gasteiger partial charge in [0.15, 0.2) is 9.84 Å². The van der Waals surface area contributed by atoms with Gasteiger partial charge in [-0.15, -0.1) is 0 Å². The number of ether oxygens (including phenoxy) is 2. The highest BCUT2D eigenvalue weighted by Gasteiger charge is 2.46. The largest absolute Gasteiger partial charge is 0.433 e. The number of halogens is 6. The Morgan fingerprint density at radius 3 is 2.61 bits per heavy atom. The lowest BCUT2D eigenvalue weighted by Gasteiger charge is -2.37. The molecule has 3 rings (SSSR count). The first-order valence-electron chi connectivity index (χ1n) is 8.97. The minimum atomic E-state index is -4.69. The van der Waals surface area contributed by atoms with Crippen molar-refractivity contribution in [3.63, 3.8) is 0 Å². The van der Waals surface area contributed by atoms with Crippen LogP contribution in [0.4, 0.5) is 22.0 Å². The van der Waals surface area contributed by atoms with Crippen LogP contribution >= 0.6 is 11.6 Å². The maximum absolute atomic E-state index is 13.2. The van der Waals surface area contributed by atoms with Crippen LogP contribution in [-0.4, -0.2) is 31.4 Å². The summed E-state index contributed by atoms with van der Waals surface area (Å²) in [5, 5.41) is -0.0659. The highest BCUT2D eigenvalue weighted by molar-refractivity contribution is 7.92. The zero-order valence-electron chi connectivity index (χ0n) is 16.0. The van der Waals surface area contributed by atoms with Gasteiger partial charge in [0.25, 0.3) is 0 Å². The SMILES string of the molecule is CC1(S(=O)(=O)c2cccc(C(F)(F)F)c2)CCOC(c2ncc(OC(F)F)cc2Cl)C1. The molecule has 2 unspecified atom stereocenters. The summed E-state index contributed by atoms with van der Waals surface area (Å²) in [6.45, 7) is -1.68. The molecule has 31 heavy (non-hydrogen) atoms. The van der Waals surface area contributed by atoms with Gasteiger partial charge in [0.05, 0.1) is 32.1 Å². The van der Waals surface area contributed by atoms with E-state index in [1.54, 1.807) is 0 Å². The Kier molecular flexibility index (Phi) is 6.50. The van der Waals surface area contributed by atoms with E-state index in [9.17, 15) is 30.4 Å². The number of rotatable bonds is 5. The minimum absolute atomic E-state index is 0.0212.